The molecule has 5 heteroatoms. The Morgan fingerprint density at radius 2 is 1.92 bits per heavy atom. The van der Waals surface area contributed by atoms with E-state index in [1.54, 1.807) is 20.8 Å². The number of aliphatic hydroxyl groups excluding tert-OH is 1. The highest BCUT2D eigenvalue weighted by atomic mass is 32.2. The molecular weight excluding hydrogens is 178 g/mol. The van der Waals surface area contributed by atoms with Gasteiger partial charge in [0, 0.05) is 6.04 Å². The maximum absolute atomic E-state index is 11.1. The van der Waals surface area contributed by atoms with E-state index in [4.69, 9.17) is 5.11 Å². The zero-order chi connectivity index (χ0) is 9.78. The molecule has 0 amide bonds. The van der Waals surface area contributed by atoms with Gasteiger partial charge in [-0.2, -0.15) is 0 Å². The lowest BCUT2D eigenvalue weighted by atomic mass is 10.3. The van der Waals surface area contributed by atoms with Gasteiger partial charge in [-0.05, 0) is 20.3 Å². The average molecular weight is 195 g/mol. The lowest BCUT2D eigenvalue weighted by Crippen LogP contribution is -2.36. The molecule has 0 heterocycles. The third-order valence-corrected chi connectivity index (χ3v) is 2.95. The topological polar surface area (TPSA) is 66.4 Å². The Labute approximate surface area is 74.0 Å². The van der Waals surface area contributed by atoms with Crippen molar-refractivity contribution >= 4 is 10.0 Å². The lowest BCUT2D eigenvalue weighted by molar-refractivity contribution is 0.192. The molecule has 0 aromatic carbocycles. The molecule has 12 heavy (non-hydrogen) atoms. The van der Waals surface area contributed by atoms with Crippen molar-refractivity contribution in [2.24, 2.45) is 0 Å². The Morgan fingerprint density at radius 1 is 1.42 bits per heavy atom. The number of nitrogens with one attached hydrogen (secondary N) is 1. The Bertz CT molecular complexity index is 211. The summed E-state index contributed by atoms with van der Waals surface area (Å²) >= 11 is 0. The standard InChI is InChI=1S/C7H17NO3S/c1-4-7(9)5-12(10,11)8-6(2)3/h6-9H,4-5H2,1-3H3. The highest BCUT2D eigenvalue weighted by Gasteiger charge is 2.16. The fourth-order valence-corrected chi connectivity index (χ4v) is 2.34. The first-order valence-corrected chi connectivity index (χ1v) is 5.70. The highest BCUT2D eigenvalue weighted by Crippen LogP contribution is 1.96. The van der Waals surface area contributed by atoms with Crippen molar-refractivity contribution in [2.75, 3.05) is 5.75 Å². The van der Waals surface area contributed by atoms with Gasteiger partial charge in [-0.3, -0.25) is 0 Å². The molecule has 0 fully saturated rings. The van der Waals surface area contributed by atoms with Gasteiger partial charge >= 0.3 is 0 Å². The molecule has 0 saturated heterocycles. The van der Waals surface area contributed by atoms with Crippen LogP contribution >= 0.6 is 0 Å². The number of aliphatic hydroxyl groups is 1. The van der Waals surface area contributed by atoms with Crippen LogP contribution in [-0.2, 0) is 10.0 Å². The van der Waals surface area contributed by atoms with Gasteiger partial charge in [-0.25, -0.2) is 13.1 Å². The molecule has 2 N–H and O–H groups in total. The molecular formula is C7H17NO3S. The highest BCUT2D eigenvalue weighted by molar-refractivity contribution is 7.89. The average Bonchev–Trinajstić information content (AvgIpc) is 1.83. The van der Waals surface area contributed by atoms with Gasteiger partial charge in [0.1, 0.15) is 0 Å². The third-order valence-electron chi connectivity index (χ3n) is 1.30. The van der Waals surface area contributed by atoms with Crippen LogP contribution in [0.5, 0.6) is 0 Å². The zero-order valence-corrected chi connectivity index (χ0v) is 8.56. The summed E-state index contributed by atoms with van der Waals surface area (Å²) in [6.45, 7) is 5.24. The predicted octanol–water partition coefficient (Wildman–Crippen LogP) is 0.0851. The fourth-order valence-electron chi connectivity index (χ4n) is 0.778. The summed E-state index contributed by atoms with van der Waals surface area (Å²) in [4.78, 5) is 0. The molecule has 1 unspecified atom stereocenters. The minimum absolute atomic E-state index is 0.112. The van der Waals surface area contributed by atoms with Crippen LogP contribution in [0.3, 0.4) is 0 Å². The second-order valence-electron chi connectivity index (χ2n) is 3.12. The molecule has 0 aliphatic heterocycles. The van der Waals surface area contributed by atoms with E-state index in [0.29, 0.717) is 6.42 Å². The Morgan fingerprint density at radius 3 is 2.25 bits per heavy atom. The molecule has 4 nitrogen and oxygen atoms in total. The van der Waals surface area contributed by atoms with Gasteiger partial charge in [0.25, 0.3) is 0 Å². The third kappa shape index (κ3) is 5.51. The van der Waals surface area contributed by atoms with Crippen LogP contribution in [0.4, 0.5) is 0 Å². The molecule has 0 bridgehead atoms. The summed E-state index contributed by atoms with van der Waals surface area (Å²) < 4.78 is 24.7. The number of rotatable bonds is 5. The normalized spacial score (nSPS) is 15.1. The first kappa shape index (κ1) is 11.9. The van der Waals surface area contributed by atoms with E-state index in [0.717, 1.165) is 0 Å². The molecule has 0 aliphatic rings. The molecule has 0 radical (unpaired) electrons. The quantitative estimate of drug-likeness (QED) is 0.653. The van der Waals surface area contributed by atoms with Crippen LogP contribution in [0, 0.1) is 0 Å². The van der Waals surface area contributed by atoms with Crippen molar-refractivity contribution in [1.82, 2.24) is 4.72 Å². The predicted molar refractivity (Wildman–Crippen MR) is 48.4 cm³/mol. The molecule has 0 aromatic heterocycles. The first-order chi connectivity index (χ1) is 5.37. The number of hydrogen-bond donors (Lipinski definition) is 2. The monoisotopic (exact) mass is 195 g/mol. The van der Waals surface area contributed by atoms with Crippen molar-refractivity contribution in [3.8, 4) is 0 Å². The van der Waals surface area contributed by atoms with Crippen LogP contribution in [0.25, 0.3) is 0 Å². The summed E-state index contributed by atoms with van der Waals surface area (Å²) in [6.07, 6.45) is -0.305. The van der Waals surface area contributed by atoms with E-state index < -0.39 is 16.1 Å². The van der Waals surface area contributed by atoms with Crippen molar-refractivity contribution in [3.05, 3.63) is 0 Å². The Kier molecular flexibility index (Phi) is 4.74. The van der Waals surface area contributed by atoms with E-state index in [-0.39, 0.29) is 11.8 Å². The van der Waals surface area contributed by atoms with E-state index in [2.05, 4.69) is 4.72 Å². The largest absolute Gasteiger partial charge is 0.392 e. The molecule has 0 saturated carbocycles. The fraction of sp³-hybridized carbons (Fsp3) is 1.00. The van der Waals surface area contributed by atoms with Gasteiger partial charge in [0.15, 0.2) is 0 Å². The van der Waals surface area contributed by atoms with Crippen molar-refractivity contribution in [1.29, 1.82) is 0 Å². The van der Waals surface area contributed by atoms with Crippen LogP contribution in [0.2, 0.25) is 0 Å². The summed E-state index contributed by atoms with van der Waals surface area (Å²) in [6, 6.07) is -0.112. The van der Waals surface area contributed by atoms with Crippen molar-refractivity contribution in [3.63, 3.8) is 0 Å². The molecule has 0 aliphatic carbocycles. The maximum Gasteiger partial charge on any atom is 0.214 e. The van der Waals surface area contributed by atoms with Gasteiger partial charge in [-0.1, -0.05) is 6.92 Å². The molecule has 1 atom stereocenters. The van der Waals surface area contributed by atoms with E-state index in [1.807, 2.05) is 0 Å². The van der Waals surface area contributed by atoms with Gasteiger partial charge in [-0.15, -0.1) is 0 Å². The second kappa shape index (κ2) is 4.79. The molecule has 0 aromatic rings. The van der Waals surface area contributed by atoms with Gasteiger partial charge in [0.05, 0.1) is 11.9 Å². The van der Waals surface area contributed by atoms with Gasteiger partial charge in [0.2, 0.25) is 10.0 Å². The summed E-state index contributed by atoms with van der Waals surface area (Å²) in [5.41, 5.74) is 0. The first-order valence-electron chi connectivity index (χ1n) is 4.05. The van der Waals surface area contributed by atoms with Crippen molar-refractivity contribution in [2.45, 2.75) is 39.3 Å². The SMILES string of the molecule is CCC(O)CS(=O)(=O)NC(C)C. The molecule has 0 rings (SSSR count). The summed E-state index contributed by atoms with van der Waals surface area (Å²) in [7, 11) is -3.29. The van der Waals surface area contributed by atoms with E-state index in [9.17, 15) is 8.42 Å². The van der Waals surface area contributed by atoms with E-state index >= 15 is 0 Å². The second-order valence-corrected chi connectivity index (χ2v) is 4.91. The maximum atomic E-state index is 11.1. The Balaban J connectivity index is 4.05. The summed E-state index contributed by atoms with van der Waals surface area (Å²) in [5, 5.41) is 9.09. The Hall–Kier alpha value is -0.130. The molecule has 74 valence electrons. The number of hydrogen-bond acceptors (Lipinski definition) is 3. The minimum atomic E-state index is -3.29. The van der Waals surface area contributed by atoms with Crippen LogP contribution in [0.1, 0.15) is 27.2 Å². The molecule has 0 spiro atoms. The summed E-state index contributed by atoms with van der Waals surface area (Å²) in [5.74, 6) is -0.207. The van der Waals surface area contributed by atoms with Crippen LogP contribution < -0.4 is 4.72 Å². The minimum Gasteiger partial charge on any atom is -0.392 e. The number of sulfonamides is 1. The van der Waals surface area contributed by atoms with Crippen LogP contribution in [-0.4, -0.2) is 31.4 Å². The van der Waals surface area contributed by atoms with Crippen LogP contribution in [0.15, 0.2) is 0 Å². The zero-order valence-electron chi connectivity index (χ0n) is 7.74. The van der Waals surface area contributed by atoms with Crippen molar-refractivity contribution < 1.29 is 13.5 Å². The van der Waals surface area contributed by atoms with Gasteiger partial charge < -0.3 is 5.11 Å². The smallest absolute Gasteiger partial charge is 0.214 e. The van der Waals surface area contributed by atoms with E-state index in [1.165, 1.54) is 0 Å². The lowest BCUT2D eigenvalue weighted by Gasteiger charge is -2.11.